The molecule has 0 spiro atoms. The Hall–Kier alpha value is -0.180. The Morgan fingerprint density at radius 1 is 1.25 bits per heavy atom. The molecule has 0 atom stereocenters. The van der Waals surface area contributed by atoms with Gasteiger partial charge in [-0.1, -0.05) is 11.6 Å². The molecular formula is C12H16BrClN2O3S. The van der Waals surface area contributed by atoms with Crippen molar-refractivity contribution < 1.29 is 13.5 Å². The van der Waals surface area contributed by atoms with E-state index in [2.05, 4.69) is 15.9 Å². The predicted octanol–water partition coefficient (Wildman–Crippen LogP) is 1.40. The Morgan fingerprint density at radius 2 is 1.90 bits per heavy atom. The van der Waals surface area contributed by atoms with E-state index in [1.54, 1.807) is 6.07 Å². The van der Waals surface area contributed by atoms with Crippen molar-refractivity contribution in [2.24, 2.45) is 0 Å². The molecule has 0 unspecified atom stereocenters. The lowest BCUT2D eigenvalue weighted by atomic mass is 10.3. The van der Waals surface area contributed by atoms with Gasteiger partial charge in [0.25, 0.3) is 0 Å². The monoisotopic (exact) mass is 382 g/mol. The quantitative estimate of drug-likeness (QED) is 0.854. The van der Waals surface area contributed by atoms with Gasteiger partial charge in [0.2, 0.25) is 10.0 Å². The fraction of sp³-hybridized carbons (Fsp3) is 0.500. The smallest absolute Gasteiger partial charge is 0.243 e. The molecule has 0 amide bonds. The normalized spacial score (nSPS) is 18.4. The van der Waals surface area contributed by atoms with Crippen LogP contribution in [0.1, 0.15) is 0 Å². The van der Waals surface area contributed by atoms with Crippen molar-refractivity contribution in [3.63, 3.8) is 0 Å². The number of aliphatic hydroxyl groups excluding tert-OH is 1. The first-order chi connectivity index (χ1) is 9.45. The van der Waals surface area contributed by atoms with Gasteiger partial charge in [-0.25, -0.2) is 8.42 Å². The topological polar surface area (TPSA) is 60.9 Å². The molecule has 1 fully saturated rings. The van der Waals surface area contributed by atoms with Crippen molar-refractivity contribution >= 4 is 37.6 Å². The van der Waals surface area contributed by atoms with Gasteiger partial charge >= 0.3 is 0 Å². The third kappa shape index (κ3) is 3.52. The molecule has 112 valence electrons. The van der Waals surface area contributed by atoms with Gasteiger partial charge in [0, 0.05) is 37.2 Å². The largest absolute Gasteiger partial charge is 0.395 e. The van der Waals surface area contributed by atoms with E-state index in [0.717, 1.165) is 0 Å². The highest BCUT2D eigenvalue weighted by molar-refractivity contribution is 9.10. The van der Waals surface area contributed by atoms with E-state index < -0.39 is 10.0 Å². The standard InChI is InChI=1S/C12H16BrClN2O3S/c13-11-9-10(1-2-12(11)14)20(18,19)16-5-3-15(4-6-16)7-8-17/h1-2,9,17H,3-8H2. The summed E-state index contributed by atoms with van der Waals surface area (Å²) in [5, 5.41) is 9.37. The molecule has 1 saturated heterocycles. The number of hydrogen-bond acceptors (Lipinski definition) is 4. The number of rotatable bonds is 4. The summed E-state index contributed by atoms with van der Waals surface area (Å²) in [5.41, 5.74) is 0. The molecule has 1 heterocycles. The summed E-state index contributed by atoms with van der Waals surface area (Å²) in [7, 11) is -3.48. The van der Waals surface area contributed by atoms with E-state index in [0.29, 0.717) is 42.2 Å². The van der Waals surface area contributed by atoms with Crippen molar-refractivity contribution in [2.75, 3.05) is 39.3 Å². The summed E-state index contributed by atoms with van der Waals surface area (Å²) in [4.78, 5) is 2.29. The van der Waals surface area contributed by atoms with Crippen molar-refractivity contribution in [1.29, 1.82) is 0 Å². The first-order valence-electron chi connectivity index (χ1n) is 6.23. The minimum atomic E-state index is -3.48. The maximum absolute atomic E-state index is 12.5. The van der Waals surface area contributed by atoms with Crippen molar-refractivity contribution in [1.82, 2.24) is 9.21 Å². The average molecular weight is 384 g/mol. The zero-order valence-electron chi connectivity index (χ0n) is 10.8. The van der Waals surface area contributed by atoms with Gasteiger partial charge in [0.1, 0.15) is 0 Å². The van der Waals surface area contributed by atoms with Crippen molar-refractivity contribution in [3.05, 3.63) is 27.7 Å². The van der Waals surface area contributed by atoms with Gasteiger partial charge < -0.3 is 5.11 Å². The SMILES string of the molecule is O=S(=O)(c1ccc(Cl)c(Br)c1)N1CCN(CCO)CC1. The first-order valence-corrected chi connectivity index (χ1v) is 8.84. The molecule has 1 aliphatic heterocycles. The van der Waals surface area contributed by atoms with Crippen LogP contribution in [0.25, 0.3) is 0 Å². The molecule has 1 aliphatic rings. The third-order valence-corrected chi connectivity index (χ3v) is 6.38. The first kappa shape index (κ1) is 16.2. The zero-order valence-corrected chi connectivity index (χ0v) is 14.0. The average Bonchev–Trinajstić information content (AvgIpc) is 2.43. The molecule has 1 aromatic rings. The summed E-state index contributed by atoms with van der Waals surface area (Å²) < 4.78 is 27.1. The summed E-state index contributed by atoms with van der Waals surface area (Å²) >= 11 is 9.13. The number of nitrogens with zero attached hydrogens (tertiary/aromatic N) is 2. The molecule has 0 aromatic heterocycles. The number of aliphatic hydroxyl groups is 1. The van der Waals surface area contributed by atoms with Crippen LogP contribution in [-0.4, -0.2) is 62.1 Å². The van der Waals surface area contributed by atoms with Crippen LogP contribution in [0, 0.1) is 0 Å². The van der Waals surface area contributed by atoms with E-state index in [4.69, 9.17) is 16.7 Å². The molecule has 0 aliphatic carbocycles. The summed E-state index contributed by atoms with van der Waals surface area (Å²) in [6.45, 7) is 2.81. The Balaban J connectivity index is 2.13. The fourth-order valence-electron chi connectivity index (χ4n) is 2.12. The highest BCUT2D eigenvalue weighted by Gasteiger charge is 2.28. The summed E-state index contributed by atoms with van der Waals surface area (Å²) in [6, 6.07) is 4.61. The number of halogens is 2. The zero-order chi connectivity index (χ0) is 14.8. The van der Waals surface area contributed by atoms with E-state index in [1.807, 2.05) is 4.90 Å². The summed E-state index contributed by atoms with van der Waals surface area (Å²) in [5.74, 6) is 0. The summed E-state index contributed by atoms with van der Waals surface area (Å²) in [6.07, 6.45) is 0. The van der Waals surface area contributed by atoms with Crippen molar-refractivity contribution in [2.45, 2.75) is 4.90 Å². The molecule has 0 saturated carbocycles. The van der Waals surface area contributed by atoms with E-state index in [1.165, 1.54) is 16.4 Å². The molecular weight excluding hydrogens is 368 g/mol. The number of β-amino-alcohol motifs (C(OH)–C–C–N with tert-alkyl or cyclic N) is 1. The van der Waals surface area contributed by atoms with Gasteiger partial charge in [0.15, 0.2) is 0 Å². The second-order valence-electron chi connectivity index (χ2n) is 4.55. The number of hydrogen-bond donors (Lipinski definition) is 1. The van der Waals surface area contributed by atoms with Crippen LogP contribution in [0.3, 0.4) is 0 Å². The lowest BCUT2D eigenvalue weighted by Crippen LogP contribution is -2.49. The van der Waals surface area contributed by atoms with Crippen LogP contribution in [0.15, 0.2) is 27.6 Å². The number of sulfonamides is 1. The molecule has 8 heteroatoms. The Labute approximate surface area is 132 Å². The Kier molecular flexibility index (Phi) is 5.44. The minimum Gasteiger partial charge on any atom is -0.395 e. The highest BCUT2D eigenvalue weighted by Crippen LogP contribution is 2.27. The molecule has 0 radical (unpaired) electrons. The van der Waals surface area contributed by atoms with Crippen molar-refractivity contribution in [3.8, 4) is 0 Å². The molecule has 0 bridgehead atoms. The fourth-order valence-corrected chi connectivity index (χ4v) is 4.22. The molecule has 1 N–H and O–H groups in total. The second-order valence-corrected chi connectivity index (χ2v) is 7.74. The Bertz CT molecular complexity index is 574. The lowest BCUT2D eigenvalue weighted by Gasteiger charge is -2.33. The third-order valence-electron chi connectivity index (χ3n) is 3.28. The van der Waals surface area contributed by atoms with Gasteiger partial charge in [-0.15, -0.1) is 0 Å². The van der Waals surface area contributed by atoms with Crippen LogP contribution in [0.2, 0.25) is 5.02 Å². The maximum Gasteiger partial charge on any atom is 0.243 e. The van der Waals surface area contributed by atoms with E-state index in [-0.39, 0.29) is 11.5 Å². The minimum absolute atomic E-state index is 0.0941. The molecule has 20 heavy (non-hydrogen) atoms. The second kappa shape index (κ2) is 6.72. The molecule has 1 aromatic carbocycles. The highest BCUT2D eigenvalue weighted by atomic mass is 79.9. The van der Waals surface area contributed by atoms with Crippen LogP contribution in [0.4, 0.5) is 0 Å². The Morgan fingerprint density at radius 3 is 2.45 bits per heavy atom. The van der Waals surface area contributed by atoms with Crippen LogP contribution >= 0.6 is 27.5 Å². The molecule has 2 rings (SSSR count). The van der Waals surface area contributed by atoms with Gasteiger partial charge in [-0.2, -0.15) is 4.31 Å². The van der Waals surface area contributed by atoms with Crippen LogP contribution in [-0.2, 0) is 10.0 Å². The number of benzene rings is 1. The van der Waals surface area contributed by atoms with E-state index in [9.17, 15) is 8.42 Å². The molecule has 5 nitrogen and oxygen atoms in total. The van der Waals surface area contributed by atoms with Gasteiger partial charge in [-0.3, -0.25) is 4.90 Å². The maximum atomic E-state index is 12.5. The number of piperazine rings is 1. The van der Waals surface area contributed by atoms with Gasteiger partial charge in [0.05, 0.1) is 16.5 Å². The predicted molar refractivity (Wildman–Crippen MR) is 81.4 cm³/mol. The lowest BCUT2D eigenvalue weighted by molar-refractivity contribution is 0.151. The van der Waals surface area contributed by atoms with Gasteiger partial charge in [-0.05, 0) is 34.1 Å². The van der Waals surface area contributed by atoms with Crippen LogP contribution < -0.4 is 0 Å². The van der Waals surface area contributed by atoms with Crippen LogP contribution in [0.5, 0.6) is 0 Å². The van der Waals surface area contributed by atoms with E-state index >= 15 is 0 Å².